The molecule has 1 N–H and O–H groups in total. The van der Waals surface area contributed by atoms with E-state index in [1.807, 2.05) is 0 Å². The van der Waals surface area contributed by atoms with E-state index >= 15 is 0 Å². The first-order valence-electron chi connectivity index (χ1n) is 7.24. The summed E-state index contributed by atoms with van der Waals surface area (Å²) >= 11 is 11.7. The van der Waals surface area contributed by atoms with Crippen LogP contribution in [0.1, 0.15) is 55.8 Å². The molecule has 2 rings (SSSR count). The number of pyridine rings is 1. The number of hydrogen-bond acceptors (Lipinski definition) is 2. The summed E-state index contributed by atoms with van der Waals surface area (Å²) in [6.07, 6.45) is 7.21. The molecule has 1 heterocycles. The summed E-state index contributed by atoms with van der Waals surface area (Å²) < 4.78 is 0. The molecule has 0 radical (unpaired) electrons. The Hall–Kier alpha value is -0.800. The van der Waals surface area contributed by atoms with Crippen molar-refractivity contribution in [1.29, 1.82) is 0 Å². The minimum atomic E-state index is -0.117. The van der Waals surface area contributed by atoms with E-state index in [0.717, 1.165) is 6.42 Å². The van der Waals surface area contributed by atoms with Crippen LogP contribution in [0.15, 0.2) is 12.1 Å². The summed E-state index contributed by atoms with van der Waals surface area (Å²) in [5.74, 6) is 0.471. The van der Waals surface area contributed by atoms with E-state index < -0.39 is 0 Å². The van der Waals surface area contributed by atoms with Gasteiger partial charge in [0.2, 0.25) is 0 Å². The summed E-state index contributed by atoms with van der Waals surface area (Å²) in [6.45, 7) is 2.12. The Morgan fingerprint density at radius 2 is 1.90 bits per heavy atom. The maximum absolute atomic E-state index is 12.3. The summed E-state index contributed by atoms with van der Waals surface area (Å²) in [5, 5.41) is 3.61. The van der Waals surface area contributed by atoms with E-state index in [1.165, 1.54) is 32.1 Å². The van der Waals surface area contributed by atoms with Crippen molar-refractivity contribution >= 4 is 29.1 Å². The molecule has 0 aromatic carbocycles. The van der Waals surface area contributed by atoms with E-state index in [2.05, 4.69) is 17.2 Å². The van der Waals surface area contributed by atoms with Gasteiger partial charge in [0.15, 0.2) is 0 Å². The van der Waals surface area contributed by atoms with Gasteiger partial charge in [-0.25, -0.2) is 4.98 Å². The maximum Gasteiger partial charge on any atom is 0.251 e. The van der Waals surface area contributed by atoms with Gasteiger partial charge in [0.1, 0.15) is 10.3 Å². The lowest BCUT2D eigenvalue weighted by Crippen LogP contribution is -2.40. The van der Waals surface area contributed by atoms with Gasteiger partial charge >= 0.3 is 0 Å². The third-order valence-electron chi connectivity index (χ3n) is 4.00. The van der Waals surface area contributed by atoms with Crippen LogP contribution in [0.25, 0.3) is 0 Å². The van der Waals surface area contributed by atoms with Gasteiger partial charge in [-0.2, -0.15) is 0 Å². The van der Waals surface area contributed by atoms with Crippen molar-refractivity contribution in [2.24, 2.45) is 5.92 Å². The number of carbonyl (C=O) groups is 1. The molecular formula is C15H20Cl2N2O. The Labute approximate surface area is 130 Å². The fourth-order valence-electron chi connectivity index (χ4n) is 2.94. The van der Waals surface area contributed by atoms with Crippen LogP contribution in [-0.4, -0.2) is 16.9 Å². The number of nitrogens with one attached hydrogen (secondary N) is 1. The summed E-state index contributed by atoms with van der Waals surface area (Å²) in [6, 6.07) is 3.33. The minimum Gasteiger partial charge on any atom is -0.349 e. The second-order valence-electron chi connectivity index (χ2n) is 5.39. The molecule has 0 saturated heterocycles. The first-order valence-corrected chi connectivity index (χ1v) is 7.99. The Kier molecular flexibility index (Phi) is 5.67. The second kappa shape index (κ2) is 7.28. The Morgan fingerprint density at radius 3 is 2.45 bits per heavy atom. The zero-order valence-electron chi connectivity index (χ0n) is 11.7. The Morgan fingerprint density at radius 1 is 1.30 bits per heavy atom. The van der Waals surface area contributed by atoms with Crippen molar-refractivity contribution in [2.75, 3.05) is 0 Å². The molecule has 0 aliphatic heterocycles. The van der Waals surface area contributed by atoms with Crippen LogP contribution in [0.5, 0.6) is 0 Å². The van der Waals surface area contributed by atoms with Gasteiger partial charge in [0, 0.05) is 11.6 Å². The van der Waals surface area contributed by atoms with Crippen LogP contribution in [-0.2, 0) is 0 Å². The lowest BCUT2D eigenvalue weighted by Gasteiger charge is -2.30. The van der Waals surface area contributed by atoms with Gasteiger partial charge in [0.05, 0.1) is 0 Å². The first kappa shape index (κ1) is 15.6. The molecule has 1 unspecified atom stereocenters. The quantitative estimate of drug-likeness (QED) is 0.833. The summed E-state index contributed by atoms with van der Waals surface area (Å²) in [4.78, 5) is 16.2. The molecule has 1 atom stereocenters. The van der Waals surface area contributed by atoms with E-state index in [9.17, 15) is 4.79 Å². The molecule has 1 aliphatic carbocycles. The fourth-order valence-corrected chi connectivity index (χ4v) is 3.40. The number of hydrogen-bond donors (Lipinski definition) is 1. The van der Waals surface area contributed by atoms with Gasteiger partial charge < -0.3 is 5.32 Å². The lowest BCUT2D eigenvalue weighted by molar-refractivity contribution is 0.0911. The predicted octanol–water partition coefficient (Wildman–Crippen LogP) is 4.48. The first-order chi connectivity index (χ1) is 9.60. The molecule has 1 fully saturated rings. The van der Waals surface area contributed by atoms with Gasteiger partial charge in [-0.3, -0.25) is 4.79 Å². The summed E-state index contributed by atoms with van der Waals surface area (Å²) in [5.41, 5.74) is 0.476. The van der Waals surface area contributed by atoms with Crippen molar-refractivity contribution in [1.82, 2.24) is 10.3 Å². The van der Waals surface area contributed by atoms with Crippen LogP contribution in [0, 0.1) is 5.92 Å². The van der Waals surface area contributed by atoms with Crippen molar-refractivity contribution in [3.63, 3.8) is 0 Å². The molecular weight excluding hydrogens is 295 g/mol. The zero-order valence-corrected chi connectivity index (χ0v) is 13.2. The van der Waals surface area contributed by atoms with Crippen LogP contribution in [0.3, 0.4) is 0 Å². The molecule has 1 aromatic rings. The van der Waals surface area contributed by atoms with Crippen LogP contribution >= 0.6 is 23.2 Å². The fraction of sp³-hybridized carbons (Fsp3) is 0.600. The molecule has 0 spiro atoms. The van der Waals surface area contributed by atoms with Crippen molar-refractivity contribution in [2.45, 2.75) is 51.5 Å². The number of aromatic nitrogens is 1. The number of halogens is 2. The highest BCUT2D eigenvalue weighted by molar-refractivity contribution is 6.33. The third-order valence-corrected chi connectivity index (χ3v) is 4.39. The molecule has 5 heteroatoms. The van der Waals surface area contributed by atoms with Gasteiger partial charge in [-0.05, 0) is 37.3 Å². The molecule has 110 valence electrons. The predicted molar refractivity (Wildman–Crippen MR) is 82.4 cm³/mol. The second-order valence-corrected chi connectivity index (χ2v) is 6.16. The van der Waals surface area contributed by atoms with Gasteiger partial charge in [-0.15, -0.1) is 0 Å². The maximum atomic E-state index is 12.3. The van der Waals surface area contributed by atoms with E-state index in [4.69, 9.17) is 23.2 Å². The van der Waals surface area contributed by atoms with Crippen LogP contribution < -0.4 is 5.32 Å². The summed E-state index contributed by atoms with van der Waals surface area (Å²) in [7, 11) is 0. The number of nitrogens with zero attached hydrogens (tertiary/aromatic N) is 1. The molecule has 1 aromatic heterocycles. The van der Waals surface area contributed by atoms with Crippen molar-refractivity contribution in [3.05, 3.63) is 28.0 Å². The van der Waals surface area contributed by atoms with Gasteiger partial charge in [-0.1, -0.05) is 49.4 Å². The smallest absolute Gasteiger partial charge is 0.251 e. The van der Waals surface area contributed by atoms with Gasteiger partial charge in [0.25, 0.3) is 5.91 Å². The van der Waals surface area contributed by atoms with E-state index in [-0.39, 0.29) is 22.3 Å². The average molecular weight is 315 g/mol. The van der Waals surface area contributed by atoms with Crippen molar-refractivity contribution in [3.8, 4) is 0 Å². The van der Waals surface area contributed by atoms with Crippen LogP contribution in [0.4, 0.5) is 0 Å². The number of rotatable bonds is 4. The molecule has 3 nitrogen and oxygen atoms in total. The number of carbonyl (C=O) groups excluding carboxylic acids is 1. The largest absolute Gasteiger partial charge is 0.349 e. The molecule has 1 aliphatic rings. The molecule has 1 saturated carbocycles. The average Bonchev–Trinajstić information content (AvgIpc) is 2.44. The SMILES string of the molecule is CCC(NC(=O)c1cc(Cl)nc(Cl)c1)C1CCCCC1. The molecule has 1 amide bonds. The minimum absolute atomic E-state index is 0.117. The highest BCUT2D eigenvalue weighted by atomic mass is 35.5. The third kappa shape index (κ3) is 4.10. The Bertz CT molecular complexity index is 453. The monoisotopic (exact) mass is 314 g/mol. The lowest BCUT2D eigenvalue weighted by atomic mass is 9.83. The van der Waals surface area contributed by atoms with Crippen LogP contribution in [0.2, 0.25) is 10.3 Å². The zero-order chi connectivity index (χ0) is 14.5. The molecule has 20 heavy (non-hydrogen) atoms. The normalized spacial score (nSPS) is 17.8. The highest BCUT2D eigenvalue weighted by Crippen LogP contribution is 2.28. The van der Waals surface area contributed by atoms with E-state index in [1.54, 1.807) is 12.1 Å². The topological polar surface area (TPSA) is 42.0 Å². The van der Waals surface area contributed by atoms with Crippen molar-refractivity contribution < 1.29 is 4.79 Å². The number of amides is 1. The Balaban J connectivity index is 2.04. The van der Waals surface area contributed by atoms with E-state index in [0.29, 0.717) is 11.5 Å². The standard InChI is InChI=1S/C15H20Cl2N2O/c1-2-12(10-6-4-3-5-7-10)18-15(20)11-8-13(16)19-14(17)9-11/h8-10,12H,2-7H2,1H3,(H,18,20). The highest BCUT2D eigenvalue weighted by Gasteiger charge is 2.24. The molecule has 0 bridgehead atoms.